The molecule has 0 aromatic carbocycles. The SMILES string of the molecule is C1COCCSCCSCCSCCOCCO1. The van der Waals surface area contributed by atoms with Crippen molar-refractivity contribution in [2.45, 2.75) is 0 Å². The molecule has 0 N–H and O–H groups in total. The van der Waals surface area contributed by atoms with E-state index in [4.69, 9.17) is 14.2 Å². The molecule has 0 bridgehead atoms. The van der Waals surface area contributed by atoms with Crippen LogP contribution >= 0.6 is 35.3 Å². The van der Waals surface area contributed by atoms with Gasteiger partial charge in [0.2, 0.25) is 0 Å². The smallest absolute Gasteiger partial charge is 0.0701 e. The lowest BCUT2D eigenvalue weighted by Gasteiger charge is -2.08. The molecule has 6 heteroatoms. The number of hydrogen-bond acceptors (Lipinski definition) is 6. The van der Waals surface area contributed by atoms with Crippen LogP contribution in [0.4, 0.5) is 0 Å². The average Bonchev–Trinajstić information content (AvgIpc) is 2.39. The Hall–Kier alpha value is 0.930. The summed E-state index contributed by atoms with van der Waals surface area (Å²) in [6.07, 6.45) is 0. The van der Waals surface area contributed by atoms with Crippen LogP contribution in [0.3, 0.4) is 0 Å². The highest BCUT2D eigenvalue weighted by molar-refractivity contribution is 8.04. The molecule has 1 aliphatic heterocycles. The van der Waals surface area contributed by atoms with E-state index in [1.54, 1.807) is 0 Å². The molecule has 0 atom stereocenters. The zero-order valence-corrected chi connectivity index (χ0v) is 13.4. The fourth-order valence-corrected chi connectivity index (χ4v) is 4.29. The first kappa shape index (κ1) is 17.0. The summed E-state index contributed by atoms with van der Waals surface area (Å²) in [7, 11) is 0. The van der Waals surface area contributed by atoms with Crippen LogP contribution in [0.2, 0.25) is 0 Å². The third-order valence-corrected chi connectivity index (χ3v) is 5.63. The Labute approximate surface area is 123 Å². The molecule has 1 aliphatic rings. The second-order valence-electron chi connectivity index (χ2n) is 3.67. The molecular weight excluding hydrogens is 288 g/mol. The fourth-order valence-electron chi connectivity index (χ4n) is 1.32. The summed E-state index contributed by atoms with van der Waals surface area (Å²) >= 11 is 6.02. The van der Waals surface area contributed by atoms with E-state index in [0.29, 0.717) is 26.4 Å². The highest BCUT2D eigenvalue weighted by Crippen LogP contribution is 2.10. The average molecular weight is 313 g/mol. The van der Waals surface area contributed by atoms with Crippen LogP contribution < -0.4 is 0 Å². The zero-order valence-electron chi connectivity index (χ0n) is 10.9. The van der Waals surface area contributed by atoms with Gasteiger partial charge in [0.05, 0.1) is 39.6 Å². The van der Waals surface area contributed by atoms with Gasteiger partial charge in [-0.05, 0) is 0 Å². The van der Waals surface area contributed by atoms with Crippen LogP contribution in [0.25, 0.3) is 0 Å². The summed E-state index contributed by atoms with van der Waals surface area (Å²) in [6, 6.07) is 0. The molecule has 0 spiro atoms. The molecule has 3 nitrogen and oxygen atoms in total. The van der Waals surface area contributed by atoms with Crippen molar-refractivity contribution in [2.24, 2.45) is 0 Å². The Kier molecular flexibility index (Phi) is 13.5. The molecule has 0 saturated carbocycles. The van der Waals surface area contributed by atoms with E-state index in [9.17, 15) is 0 Å². The number of hydrogen-bond donors (Lipinski definition) is 0. The quantitative estimate of drug-likeness (QED) is 0.681. The predicted molar refractivity (Wildman–Crippen MR) is 84.4 cm³/mol. The van der Waals surface area contributed by atoms with Gasteiger partial charge in [-0.3, -0.25) is 0 Å². The monoisotopic (exact) mass is 312 g/mol. The fraction of sp³-hybridized carbons (Fsp3) is 1.00. The summed E-state index contributed by atoms with van der Waals surface area (Å²) in [5, 5.41) is 0. The van der Waals surface area contributed by atoms with Crippen molar-refractivity contribution in [3.8, 4) is 0 Å². The molecular formula is C12H24O3S3. The minimum atomic E-state index is 0.679. The third-order valence-electron chi connectivity index (χ3n) is 2.23. The third kappa shape index (κ3) is 12.0. The van der Waals surface area contributed by atoms with Crippen molar-refractivity contribution in [3.05, 3.63) is 0 Å². The van der Waals surface area contributed by atoms with Crippen molar-refractivity contribution < 1.29 is 14.2 Å². The lowest BCUT2D eigenvalue weighted by Crippen LogP contribution is -2.11. The van der Waals surface area contributed by atoms with Crippen molar-refractivity contribution in [1.29, 1.82) is 0 Å². The second kappa shape index (κ2) is 14.3. The van der Waals surface area contributed by atoms with Gasteiger partial charge in [-0.2, -0.15) is 35.3 Å². The zero-order chi connectivity index (χ0) is 12.7. The van der Waals surface area contributed by atoms with Crippen LogP contribution in [0, 0.1) is 0 Å². The van der Waals surface area contributed by atoms with E-state index in [1.807, 2.05) is 23.5 Å². The number of thioether (sulfide) groups is 3. The Morgan fingerprint density at radius 2 is 0.722 bits per heavy atom. The van der Waals surface area contributed by atoms with E-state index in [-0.39, 0.29) is 0 Å². The normalized spacial score (nSPS) is 24.0. The van der Waals surface area contributed by atoms with E-state index in [1.165, 1.54) is 23.0 Å². The summed E-state index contributed by atoms with van der Waals surface area (Å²) in [6.45, 7) is 4.43. The Morgan fingerprint density at radius 3 is 1.17 bits per heavy atom. The minimum absolute atomic E-state index is 0.679. The summed E-state index contributed by atoms with van der Waals surface area (Å²) in [5.74, 6) is 7.17. The van der Waals surface area contributed by atoms with Gasteiger partial charge >= 0.3 is 0 Å². The molecule has 1 fully saturated rings. The Bertz CT molecular complexity index is 97.6. The molecule has 0 unspecified atom stereocenters. The Balaban J connectivity index is 2.00. The summed E-state index contributed by atoms with van der Waals surface area (Å²) < 4.78 is 16.4. The van der Waals surface area contributed by atoms with E-state index >= 15 is 0 Å². The molecule has 0 aromatic rings. The first-order chi connectivity index (χ1) is 9.00. The van der Waals surface area contributed by atoms with Gasteiger partial charge in [0.15, 0.2) is 0 Å². The molecule has 18 heavy (non-hydrogen) atoms. The van der Waals surface area contributed by atoms with Crippen molar-refractivity contribution >= 4 is 35.3 Å². The molecule has 108 valence electrons. The van der Waals surface area contributed by atoms with E-state index < -0.39 is 0 Å². The first-order valence-electron chi connectivity index (χ1n) is 6.46. The van der Waals surface area contributed by atoms with Crippen LogP contribution in [-0.4, -0.2) is 74.2 Å². The van der Waals surface area contributed by atoms with Crippen molar-refractivity contribution in [2.75, 3.05) is 74.2 Å². The lowest BCUT2D eigenvalue weighted by atomic mass is 10.7. The highest BCUT2D eigenvalue weighted by Gasteiger charge is 1.96. The van der Waals surface area contributed by atoms with Gasteiger partial charge < -0.3 is 14.2 Å². The minimum Gasteiger partial charge on any atom is -0.378 e. The van der Waals surface area contributed by atoms with Gasteiger partial charge in [-0.15, -0.1) is 0 Å². The number of rotatable bonds is 0. The largest absolute Gasteiger partial charge is 0.378 e. The first-order valence-corrected chi connectivity index (χ1v) is 9.93. The topological polar surface area (TPSA) is 27.7 Å². The van der Waals surface area contributed by atoms with Crippen molar-refractivity contribution in [1.82, 2.24) is 0 Å². The second-order valence-corrected chi connectivity index (χ2v) is 7.35. The molecule has 0 amide bonds. The molecule has 1 rings (SSSR count). The predicted octanol–water partition coefficient (Wildman–Crippen LogP) is 2.25. The highest BCUT2D eigenvalue weighted by atomic mass is 32.2. The van der Waals surface area contributed by atoms with E-state index in [2.05, 4.69) is 11.8 Å². The Morgan fingerprint density at radius 1 is 0.389 bits per heavy atom. The maximum Gasteiger partial charge on any atom is 0.0701 e. The van der Waals surface area contributed by atoms with Crippen LogP contribution in [0.15, 0.2) is 0 Å². The van der Waals surface area contributed by atoms with Crippen LogP contribution in [0.5, 0.6) is 0 Å². The lowest BCUT2D eigenvalue weighted by molar-refractivity contribution is 0.0205. The van der Waals surface area contributed by atoms with Crippen LogP contribution in [-0.2, 0) is 14.2 Å². The van der Waals surface area contributed by atoms with Gasteiger partial charge in [-0.25, -0.2) is 0 Å². The number of ether oxygens (including phenoxy) is 3. The van der Waals surface area contributed by atoms with Crippen LogP contribution in [0.1, 0.15) is 0 Å². The van der Waals surface area contributed by atoms with E-state index in [0.717, 1.165) is 24.7 Å². The summed E-state index contributed by atoms with van der Waals surface area (Å²) in [5.41, 5.74) is 0. The maximum absolute atomic E-state index is 5.48. The van der Waals surface area contributed by atoms with Gasteiger partial charge in [0.1, 0.15) is 0 Å². The van der Waals surface area contributed by atoms with Gasteiger partial charge in [-0.1, -0.05) is 0 Å². The molecule has 1 heterocycles. The maximum atomic E-state index is 5.48. The molecule has 0 aliphatic carbocycles. The van der Waals surface area contributed by atoms with Crippen molar-refractivity contribution in [3.63, 3.8) is 0 Å². The van der Waals surface area contributed by atoms with Gasteiger partial charge in [0, 0.05) is 34.5 Å². The molecule has 1 saturated heterocycles. The molecule has 0 aromatic heterocycles. The standard InChI is InChI=1S/C12H24O3S3/c1-3-14-5-7-16-9-11-18-12-10-17-8-6-15-4-2-13-1/h1-12H2. The van der Waals surface area contributed by atoms with Gasteiger partial charge in [0.25, 0.3) is 0 Å². The summed E-state index contributed by atoms with van der Waals surface area (Å²) in [4.78, 5) is 0. The molecule has 0 radical (unpaired) electrons.